The van der Waals surface area contributed by atoms with E-state index in [9.17, 15) is 4.79 Å². The summed E-state index contributed by atoms with van der Waals surface area (Å²) in [4.78, 5) is 16.6. The molecule has 0 aliphatic rings. The number of halogens is 1. The Bertz CT molecular complexity index is 821. The Kier molecular flexibility index (Phi) is 4.68. The fourth-order valence-corrected chi connectivity index (χ4v) is 2.45. The zero-order valence-electron chi connectivity index (χ0n) is 12.2. The minimum atomic E-state index is -0.172. The van der Waals surface area contributed by atoms with Crippen molar-refractivity contribution in [3.63, 3.8) is 0 Å². The molecule has 3 aromatic rings. The summed E-state index contributed by atoms with van der Waals surface area (Å²) >= 11 is 3.48. The predicted octanol–water partition coefficient (Wildman–Crippen LogP) is 4.84. The number of amides is 1. The number of hydrogen-bond acceptors (Lipinski definition) is 3. The van der Waals surface area contributed by atoms with Crippen LogP contribution in [0.2, 0.25) is 0 Å². The van der Waals surface area contributed by atoms with E-state index >= 15 is 0 Å². The molecule has 0 aliphatic heterocycles. The minimum Gasteiger partial charge on any atom is -0.339 e. The van der Waals surface area contributed by atoms with Gasteiger partial charge in [0, 0.05) is 21.9 Å². The fourth-order valence-electron chi connectivity index (χ4n) is 2.07. The van der Waals surface area contributed by atoms with Gasteiger partial charge in [-0.15, -0.1) is 0 Å². The van der Waals surface area contributed by atoms with Crippen molar-refractivity contribution < 1.29 is 4.79 Å². The average Bonchev–Trinajstić information content (AvgIpc) is 2.58. The number of carbonyl (C=O) groups excluding carboxylic acids is 1. The number of nitrogens with zero attached hydrogens (tertiary/aromatic N) is 1. The van der Waals surface area contributed by atoms with Crippen LogP contribution in [0.5, 0.6) is 0 Å². The molecule has 0 unspecified atom stereocenters. The molecule has 1 aromatic heterocycles. The number of pyridine rings is 1. The van der Waals surface area contributed by atoms with Crippen LogP contribution in [-0.4, -0.2) is 10.9 Å². The zero-order valence-corrected chi connectivity index (χ0v) is 13.7. The van der Waals surface area contributed by atoms with Crippen LogP contribution >= 0.6 is 15.9 Å². The molecule has 0 saturated heterocycles. The Labute approximate surface area is 142 Å². The second-order valence-corrected chi connectivity index (χ2v) is 5.71. The number of rotatable bonds is 4. The Hall–Kier alpha value is -2.66. The lowest BCUT2D eigenvalue weighted by molar-refractivity contribution is 0.102. The van der Waals surface area contributed by atoms with Crippen LogP contribution in [-0.2, 0) is 0 Å². The van der Waals surface area contributed by atoms with Gasteiger partial charge in [0.25, 0.3) is 5.91 Å². The maximum atomic E-state index is 12.3. The number of benzene rings is 2. The first-order valence-electron chi connectivity index (χ1n) is 7.06. The fraction of sp³-hybridized carbons (Fsp3) is 0. The van der Waals surface area contributed by atoms with E-state index in [4.69, 9.17) is 0 Å². The molecular weight excluding hydrogens is 354 g/mol. The van der Waals surface area contributed by atoms with E-state index in [0.29, 0.717) is 11.4 Å². The quantitative estimate of drug-likeness (QED) is 0.693. The summed E-state index contributed by atoms with van der Waals surface area (Å²) < 4.78 is 0.931. The molecule has 2 N–H and O–H groups in total. The monoisotopic (exact) mass is 367 g/mol. The van der Waals surface area contributed by atoms with Crippen LogP contribution in [0.4, 0.5) is 17.2 Å². The van der Waals surface area contributed by atoms with Gasteiger partial charge in [-0.2, -0.15) is 0 Å². The van der Waals surface area contributed by atoms with Gasteiger partial charge >= 0.3 is 0 Å². The summed E-state index contributed by atoms with van der Waals surface area (Å²) in [7, 11) is 0. The SMILES string of the molecule is O=C(Nc1ccccc1)c1ccnc(Nc2ccccc2Br)c1. The van der Waals surface area contributed by atoms with E-state index < -0.39 is 0 Å². The lowest BCUT2D eigenvalue weighted by Crippen LogP contribution is -2.12. The summed E-state index contributed by atoms with van der Waals surface area (Å²) in [6, 6.07) is 20.5. The number of para-hydroxylation sites is 2. The van der Waals surface area contributed by atoms with E-state index in [1.54, 1.807) is 18.3 Å². The third-order valence-corrected chi connectivity index (χ3v) is 3.88. The molecule has 2 aromatic carbocycles. The van der Waals surface area contributed by atoms with Crippen LogP contribution in [0.25, 0.3) is 0 Å². The largest absolute Gasteiger partial charge is 0.339 e. The molecule has 1 amide bonds. The van der Waals surface area contributed by atoms with Crippen molar-refractivity contribution in [2.45, 2.75) is 0 Å². The third kappa shape index (κ3) is 3.96. The molecule has 0 aliphatic carbocycles. The van der Waals surface area contributed by atoms with Crippen LogP contribution in [0, 0.1) is 0 Å². The van der Waals surface area contributed by atoms with Gasteiger partial charge in [-0.25, -0.2) is 4.98 Å². The Morgan fingerprint density at radius 1 is 0.957 bits per heavy atom. The molecule has 0 fully saturated rings. The number of aromatic nitrogens is 1. The maximum Gasteiger partial charge on any atom is 0.255 e. The molecule has 0 bridgehead atoms. The van der Waals surface area contributed by atoms with Gasteiger partial charge in [0.1, 0.15) is 5.82 Å². The van der Waals surface area contributed by atoms with Gasteiger partial charge in [0.15, 0.2) is 0 Å². The predicted molar refractivity (Wildman–Crippen MR) is 96.1 cm³/mol. The van der Waals surface area contributed by atoms with E-state index in [1.165, 1.54) is 0 Å². The summed E-state index contributed by atoms with van der Waals surface area (Å²) in [6.45, 7) is 0. The first-order chi connectivity index (χ1) is 11.2. The summed E-state index contributed by atoms with van der Waals surface area (Å²) in [5.41, 5.74) is 2.19. The van der Waals surface area contributed by atoms with Gasteiger partial charge in [-0.05, 0) is 52.3 Å². The second kappa shape index (κ2) is 7.07. The van der Waals surface area contributed by atoms with Gasteiger partial charge < -0.3 is 10.6 Å². The zero-order chi connectivity index (χ0) is 16.1. The number of nitrogens with one attached hydrogen (secondary N) is 2. The van der Waals surface area contributed by atoms with Crippen LogP contribution < -0.4 is 10.6 Å². The average molecular weight is 368 g/mol. The highest BCUT2D eigenvalue weighted by Gasteiger charge is 2.08. The molecule has 23 heavy (non-hydrogen) atoms. The highest BCUT2D eigenvalue weighted by molar-refractivity contribution is 9.10. The van der Waals surface area contributed by atoms with Crippen molar-refractivity contribution in [1.82, 2.24) is 4.98 Å². The van der Waals surface area contributed by atoms with Crippen LogP contribution in [0.3, 0.4) is 0 Å². The molecule has 3 rings (SSSR count). The highest BCUT2D eigenvalue weighted by atomic mass is 79.9. The molecule has 1 heterocycles. The van der Waals surface area contributed by atoms with Crippen LogP contribution in [0.15, 0.2) is 77.4 Å². The van der Waals surface area contributed by atoms with Crippen molar-refractivity contribution in [2.75, 3.05) is 10.6 Å². The van der Waals surface area contributed by atoms with E-state index in [0.717, 1.165) is 15.8 Å². The van der Waals surface area contributed by atoms with E-state index in [2.05, 4.69) is 31.5 Å². The number of anilines is 3. The normalized spacial score (nSPS) is 10.1. The lowest BCUT2D eigenvalue weighted by Gasteiger charge is -2.09. The second-order valence-electron chi connectivity index (χ2n) is 4.85. The third-order valence-electron chi connectivity index (χ3n) is 3.19. The first-order valence-corrected chi connectivity index (χ1v) is 7.86. The molecular formula is C18H14BrN3O. The highest BCUT2D eigenvalue weighted by Crippen LogP contribution is 2.24. The smallest absolute Gasteiger partial charge is 0.255 e. The molecule has 4 nitrogen and oxygen atoms in total. The summed E-state index contributed by atoms with van der Waals surface area (Å²) in [6.07, 6.45) is 1.61. The Morgan fingerprint density at radius 3 is 2.48 bits per heavy atom. The summed E-state index contributed by atoms with van der Waals surface area (Å²) in [5.74, 6) is 0.436. The lowest BCUT2D eigenvalue weighted by atomic mass is 10.2. The minimum absolute atomic E-state index is 0.172. The van der Waals surface area contributed by atoms with Crippen molar-refractivity contribution in [3.8, 4) is 0 Å². The van der Waals surface area contributed by atoms with E-state index in [-0.39, 0.29) is 5.91 Å². The molecule has 0 atom stereocenters. The standard InChI is InChI=1S/C18H14BrN3O/c19-15-8-4-5-9-16(15)22-17-12-13(10-11-20-17)18(23)21-14-6-2-1-3-7-14/h1-12H,(H,20,22)(H,21,23). The molecule has 0 saturated carbocycles. The molecule has 0 radical (unpaired) electrons. The van der Waals surface area contributed by atoms with Crippen molar-refractivity contribution in [2.24, 2.45) is 0 Å². The van der Waals surface area contributed by atoms with Crippen LogP contribution in [0.1, 0.15) is 10.4 Å². The first kappa shape index (κ1) is 15.2. The van der Waals surface area contributed by atoms with Gasteiger partial charge in [-0.3, -0.25) is 4.79 Å². The van der Waals surface area contributed by atoms with Crippen molar-refractivity contribution in [1.29, 1.82) is 0 Å². The van der Waals surface area contributed by atoms with Gasteiger partial charge in [0.2, 0.25) is 0 Å². The maximum absolute atomic E-state index is 12.3. The number of carbonyl (C=O) groups is 1. The Balaban J connectivity index is 1.77. The van der Waals surface area contributed by atoms with E-state index in [1.807, 2.05) is 54.6 Å². The Morgan fingerprint density at radius 2 is 1.70 bits per heavy atom. The molecule has 114 valence electrons. The van der Waals surface area contributed by atoms with Crippen molar-refractivity contribution in [3.05, 3.63) is 83.0 Å². The molecule has 0 spiro atoms. The van der Waals surface area contributed by atoms with Crippen molar-refractivity contribution >= 4 is 39.0 Å². The number of hydrogen-bond donors (Lipinski definition) is 2. The van der Waals surface area contributed by atoms with Gasteiger partial charge in [-0.1, -0.05) is 30.3 Å². The van der Waals surface area contributed by atoms with Gasteiger partial charge in [0.05, 0.1) is 5.69 Å². The molecule has 5 heteroatoms. The topological polar surface area (TPSA) is 54.0 Å². The summed E-state index contributed by atoms with van der Waals surface area (Å²) in [5, 5.41) is 6.05.